The van der Waals surface area contributed by atoms with Crippen molar-refractivity contribution in [1.82, 2.24) is 0 Å². The van der Waals surface area contributed by atoms with Gasteiger partial charge in [0, 0.05) is 0 Å². The van der Waals surface area contributed by atoms with Crippen LogP contribution in [0.15, 0.2) is 0 Å². The average Bonchev–Trinajstić information content (AvgIpc) is 2.29. The van der Waals surface area contributed by atoms with Crippen molar-refractivity contribution >= 4 is 11.8 Å². The molecule has 0 aromatic rings. The first-order valence-electron chi connectivity index (χ1n) is 8.08. The molecule has 0 unspecified atom stereocenters. The summed E-state index contributed by atoms with van der Waals surface area (Å²) in [6.07, 6.45) is 5.42. The van der Waals surface area contributed by atoms with E-state index in [2.05, 4.69) is 27.7 Å². The second-order valence-corrected chi connectivity index (χ2v) is 13.6. The van der Waals surface area contributed by atoms with Gasteiger partial charge in [0.25, 0.3) is 0 Å². The summed E-state index contributed by atoms with van der Waals surface area (Å²) in [5.74, 6) is -1.37. The first-order valence-corrected chi connectivity index (χ1v) is 12.5. The molecular formula is C16H34O3Ti. The van der Waals surface area contributed by atoms with Gasteiger partial charge >= 0.3 is 94.8 Å². The molecule has 0 aliphatic carbocycles. The molecule has 1 N–H and O–H groups in total. The molecule has 4 heteroatoms. The number of Topliss-reactive ketones (excluding diaryl/α,β-unsaturated/α-hetero) is 1. The first-order chi connectivity index (χ1) is 9.37. The summed E-state index contributed by atoms with van der Waals surface area (Å²) >= 11 is -1.32. The van der Waals surface area contributed by atoms with Gasteiger partial charge in [-0.1, -0.05) is 0 Å². The monoisotopic (exact) mass is 322 g/mol. The molecule has 20 heavy (non-hydrogen) atoms. The Labute approximate surface area is 128 Å². The molecule has 0 aliphatic heterocycles. The molecule has 0 aromatic carbocycles. The number of carbonyl (C=O) groups is 2. The Balaban J connectivity index is 0. The van der Waals surface area contributed by atoms with Gasteiger partial charge < -0.3 is 5.11 Å². The van der Waals surface area contributed by atoms with E-state index in [1.165, 1.54) is 32.6 Å². The van der Waals surface area contributed by atoms with Gasteiger partial charge in [0.05, 0.1) is 0 Å². The van der Waals surface area contributed by atoms with Gasteiger partial charge in [0.2, 0.25) is 0 Å². The first kappa shape index (κ1) is 22.1. The van der Waals surface area contributed by atoms with Crippen molar-refractivity contribution in [2.45, 2.75) is 85.6 Å². The number of aliphatic carboxylic acids is 1. The Morgan fingerprint density at radius 2 is 1.10 bits per heavy atom. The third-order valence-corrected chi connectivity index (χ3v) is 13.3. The van der Waals surface area contributed by atoms with Crippen LogP contribution in [0.2, 0.25) is 18.9 Å². The van der Waals surface area contributed by atoms with Crippen LogP contribution in [-0.4, -0.2) is 16.9 Å². The van der Waals surface area contributed by atoms with E-state index in [9.17, 15) is 9.59 Å². The van der Waals surface area contributed by atoms with E-state index in [0.29, 0.717) is 0 Å². The third-order valence-electron chi connectivity index (χ3n) is 3.52. The topological polar surface area (TPSA) is 54.4 Å². The normalized spacial score (nSPS) is 10.7. The fourth-order valence-corrected chi connectivity index (χ4v) is 12.1. The third kappa shape index (κ3) is 12.9. The number of hydrogen-bond donors (Lipinski definition) is 1. The number of ketones is 1. The zero-order chi connectivity index (χ0) is 16.0. The molecule has 0 saturated heterocycles. The summed E-state index contributed by atoms with van der Waals surface area (Å²) in [4.78, 5) is 19.5. The minimum atomic E-state index is -1.32. The van der Waals surface area contributed by atoms with Gasteiger partial charge in [0.15, 0.2) is 0 Å². The Morgan fingerprint density at radius 1 is 0.800 bits per heavy atom. The standard InChI is InChI=1S/C4H6O3.4C3H7.Ti/c1-3(5)2-4(6)7;4*1-3-2;/h2H2,1H3,(H,6,7);4*1,3H2,2H3;. The zero-order valence-electron chi connectivity index (χ0n) is 14.1. The van der Waals surface area contributed by atoms with Crippen LogP contribution in [0.5, 0.6) is 0 Å². The molecule has 0 rings (SSSR count). The maximum atomic E-state index is 9.87. The second kappa shape index (κ2) is 13.8. The van der Waals surface area contributed by atoms with Crippen LogP contribution in [0, 0.1) is 0 Å². The molecule has 0 heterocycles. The molecule has 120 valence electrons. The van der Waals surface area contributed by atoms with Gasteiger partial charge in [-0.2, -0.15) is 0 Å². The van der Waals surface area contributed by atoms with Gasteiger partial charge in [-0.3, -0.25) is 9.59 Å². The Bertz CT molecular complexity index is 223. The van der Waals surface area contributed by atoms with Crippen LogP contribution in [0.25, 0.3) is 0 Å². The number of hydrogen-bond acceptors (Lipinski definition) is 2. The molecule has 0 aromatic heterocycles. The van der Waals surface area contributed by atoms with Crippen LogP contribution >= 0.6 is 0 Å². The summed E-state index contributed by atoms with van der Waals surface area (Å²) < 4.78 is 6.54. The fourth-order valence-electron chi connectivity index (χ4n) is 3.08. The van der Waals surface area contributed by atoms with Gasteiger partial charge in [-0.25, -0.2) is 0 Å². The minimum absolute atomic E-state index is 0.312. The van der Waals surface area contributed by atoms with E-state index < -0.39 is 22.6 Å². The molecular weight excluding hydrogens is 288 g/mol. The Hall–Kier alpha value is -0.146. The van der Waals surface area contributed by atoms with Crippen LogP contribution in [-0.2, 0) is 26.2 Å². The molecule has 0 fully saturated rings. The van der Waals surface area contributed by atoms with Crippen molar-refractivity contribution in [3.8, 4) is 0 Å². The molecule has 0 amide bonds. The second-order valence-electron chi connectivity index (χ2n) is 5.77. The number of carbonyl (C=O) groups excluding carboxylic acids is 1. The predicted molar refractivity (Wildman–Crippen MR) is 83.3 cm³/mol. The molecule has 0 bridgehead atoms. The number of rotatable bonds is 10. The van der Waals surface area contributed by atoms with E-state index >= 15 is 0 Å². The van der Waals surface area contributed by atoms with E-state index in [1.54, 1.807) is 18.9 Å². The fraction of sp³-hybridized carbons (Fsp3) is 0.875. The van der Waals surface area contributed by atoms with Crippen molar-refractivity contribution in [2.75, 3.05) is 0 Å². The summed E-state index contributed by atoms with van der Waals surface area (Å²) in [6, 6.07) is 0. The van der Waals surface area contributed by atoms with E-state index in [4.69, 9.17) is 5.11 Å². The molecule has 0 saturated carbocycles. The van der Waals surface area contributed by atoms with Crippen LogP contribution in [0.1, 0.15) is 66.7 Å². The van der Waals surface area contributed by atoms with Gasteiger partial charge in [0.1, 0.15) is 12.2 Å². The Kier molecular flexibility index (Phi) is 15.3. The molecule has 0 aliphatic rings. The van der Waals surface area contributed by atoms with Gasteiger partial charge in [-0.15, -0.1) is 0 Å². The van der Waals surface area contributed by atoms with Gasteiger partial charge in [-0.05, 0) is 6.92 Å². The van der Waals surface area contributed by atoms with Crippen molar-refractivity contribution in [1.29, 1.82) is 0 Å². The maximum absolute atomic E-state index is 9.87. The molecule has 0 atom stereocenters. The summed E-state index contributed by atoms with van der Waals surface area (Å²) in [7, 11) is 0. The van der Waals surface area contributed by atoms with Crippen LogP contribution in [0.4, 0.5) is 0 Å². The van der Waals surface area contributed by atoms with E-state index in [0.717, 1.165) is 0 Å². The van der Waals surface area contributed by atoms with Crippen LogP contribution in [0.3, 0.4) is 0 Å². The number of carboxylic acids is 1. The molecule has 0 radical (unpaired) electrons. The molecule has 0 spiro atoms. The van der Waals surface area contributed by atoms with E-state index in [1.807, 2.05) is 0 Å². The summed E-state index contributed by atoms with van der Waals surface area (Å²) in [5, 5.41) is 7.86. The van der Waals surface area contributed by atoms with E-state index in [-0.39, 0.29) is 12.2 Å². The Morgan fingerprint density at radius 3 is 1.20 bits per heavy atom. The SMILES string of the molecule is CC(=O)CC(=O)O.CC[CH2][Ti]([CH2]CC)([CH2]CC)[CH2]CC. The zero-order valence-corrected chi connectivity index (χ0v) is 15.7. The van der Waals surface area contributed by atoms with Crippen LogP contribution < -0.4 is 0 Å². The molecule has 3 nitrogen and oxygen atoms in total. The summed E-state index contributed by atoms with van der Waals surface area (Å²) in [5.41, 5.74) is 0. The summed E-state index contributed by atoms with van der Waals surface area (Å²) in [6.45, 7) is 10.7. The van der Waals surface area contributed by atoms with Crippen molar-refractivity contribution < 1.29 is 31.3 Å². The average molecular weight is 322 g/mol. The van der Waals surface area contributed by atoms with Crippen molar-refractivity contribution in [3.63, 3.8) is 0 Å². The number of carboxylic acid groups (broad SMARTS) is 1. The quantitative estimate of drug-likeness (QED) is 0.426. The van der Waals surface area contributed by atoms with Crippen molar-refractivity contribution in [2.24, 2.45) is 0 Å². The predicted octanol–water partition coefficient (Wildman–Crippen LogP) is 5.50. The van der Waals surface area contributed by atoms with Crippen molar-refractivity contribution in [3.05, 3.63) is 0 Å².